The molecule has 188 valence electrons. The van der Waals surface area contributed by atoms with E-state index in [-0.39, 0.29) is 12.5 Å². The molecule has 5 rings (SSSR count). The van der Waals surface area contributed by atoms with Gasteiger partial charge in [-0.3, -0.25) is 14.6 Å². The van der Waals surface area contributed by atoms with Crippen molar-refractivity contribution < 1.29 is 22.4 Å². The third-order valence-electron chi connectivity index (χ3n) is 7.19. The Bertz CT molecular complexity index is 1210. The van der Waals surface area contributed by atoms with Gasteiger partial charge in [0.2, 0.25) is 5.91 Å². The maximum Gasteiger partial charge on any atom is 0.241 e. The van der Waals surface area contributed by atoms with Crippen LogP contribution in [0.3, 0.4) is 0 Å². The van der Waals surface area contributed by atoms with E-state index in [2.05, 4.69) is 15.1 Å². The van der Waals surface area contributed by atoms with E-state index in [4.69, 9.17) is 0 Å². The Morgan fingerprint density at radius 1 is 0.750 bits per heavy atom. The Balaban J connectivity index is 1.31. The Labute approximate surface area is 207 Å². The van der Waals surface area contributed by atoms with Crippen molar-refractivity contribution in [2.75, 3.05) is 26.2 Å². The number of hydrogen-bond donors (Lipinski definition) is 1. The largest absolute Gasteiger partial charge is 0.350 e. The lowest BCUT2D eigenvalue weighted by Gasteiger charge is -2.45. The highest BCUT2D eigenvalue weighted by Crippen LogP contribution is 2.36. The zero-order valence-corrected chi connectivity index (χ0v) is 19.7. The van der Waals surface area contributed by atoms with Gasteiger partial charge in [-0.1, -0.05) is 24.3 Å². The van der Waals surface area contributed by atoms with E-state index in [1.807, 2.05) is 24.3 Å². The molecule has 1 aliphatic carbocycles. The number of halogens is 4. The molecule has 1 heterocycles. The number of piperazine rings is 1. The first kappa shape index (κ1) is 24.5. The molecule has 3 aromatic rings. The average molecular weight is 498 g/mol. The van der Waals surface area contributed by atoms with E-state index in [1.54, 1.807) is 0 Å². The molecule has 8 heteroatoms. The predicted octanol–water partition coefficient (Wildman–Crippen LogP) is 4.21. The highest BCUT2D eigenvalue weighted by atomic mass is 19.1. The van der Waals surface area contributed by atoms with Crippen LogP contribution in [0.1, 0.15) is 22.3 Å². The minimum Gasteiger partial charge on any atom is -0.350 e. The van der Waals surface area contributed by atoms with Gasteiger partial charge in [0.05, 0.1) is 0 Å². The van der Waals surface area contributed by atoms with E-state index >= 15 is 0 Å². The predicted molar refractivity (Wildman–Crippen MR) is 128 cm³/mol. The van der Waals surface area contributed by atoms with Crippen LogP contribution < -0.4 is 5.32 Å². The molecule has 2 aliphatic rings. The monoisotopic (exact) mass is 497 g/mol. The summed E-state index contributed by atoms with van der Waals surface area (Å²) in [6.07, 6.45) is 1.09. The summed E-state index contributed by atoms with van der Waals surface area (Å²) < 4.78 is 54.5. The molecule has 3 aromatic carbocycles. The second-order valence-electron chi connectivity index (χ2n) is 9.66. The van der Waals surface area contributed by atoms with E-state index in [9.17, 15) is 22.4 Å². The zero-order valence-electron chi connectivity index (χ0n) is 19.7. The summed E-state index contributed by atoms with van der Waals surface area (Å²) in [5.41, 5.74) is 2.35. The second kappa shape index (κ2) is 10.0. The quantitative estimate of drug-likeness (QED) is 0.519. The van der Waals surface area contributed by atoms with E-state index in [0.717, 1.165) is 23.3 Å². The molecule has 0 spiro atoms. The van der Waals surface area contributed by atoms with Gasteiger partial charge < -0.3 is 5.32 Å². The van der Waals surface area contributed by atoms with Gasteiger partial charge in [0.25, 0.3) is 0 Å². The number of benzene rings is 3. The standard InChI is InChI=1S/C28H27F4N3O/c29-23-9-19(10-24(30)13-23)17-33-27(36)28(15-21-3-1-2-4-22(21)16-28)35-7-5-34(6-8-35)18-20-11-25(31)14-26(32)12-20/h1-4,9-14H,5-8,15-18H2,(H,33,36). The summed E-state index contributed by atoms with van der Waals surface area (Å²) in [6, 6.07) is 14.7. The number of rotatable bonds is 6. The van der Waals surface area contributed by atoms with Gasteiger partial charge in [0, 0.05) is 64.2 Å². The smallest absolute Gasteiger partial charge is 0.241 e. The molecule has 4 nitrogen and oxygen atoms in total. The van der Waals surface area contributed by atoms with Crippen molar-refractivity contribution in [3.8, 4) is 0 Å². The number of nitrogens with one attached hydrogen (secondary N) is 1. The SMILES string of the molecule is O=C(NCc1cc(F)cc(F)c1)C1(N2CCN(Cc3cc(F)cc(F)c3)CC2)Cc2ccccc2C1. The number of amides is 1. The number of nitrogens with zero attached hydrogens (tertiary/aromatic N) is 2. The molecule has 0 bridgehead atoms. The highest BCUT2D eigenvalue weighted by molar-refractivity contribution is 5.88. The maximum absolute atomic E-state index is 13.7. The van der Waals surface area contributed by atoms with E-state index in [1.165, 1.54) is 24.3 Å². The van der Waals surface area contributed by atoms with Crippen LogP contribution in [0.15, 0.2) is 60.7 Å². The highest BCUT2D eigenvalue weighted by Gasteiger charge is 2.48. The van der Waals surface area contributed by atoms with Gasteiger partial charge in [-0.25, -0.2) is 17.6 Å². The normalized spacial score (nSPS) is 17.7. The minimum absolute atomic E-state index is 0.0245. The van der Waals surface area contributed by atoms with Crippen LogP contribution in [0.25, 0.3) is 0 Å². The summed E-state index contributed by atoms with van der Waals surface area (Å²) in [4.78, 5) is 18.0. The topological polar surface area (TPSA) is 35.6 Å². The molecule has 0 radical (unpaired) electrons. The Hall–Kier alpha value is -3.23. The maximum atomic E-state index is 13.7. The first-order valence-electron chi connectivity index (χ1n) is 12.0. The molecule has 1 N–H and O–H groups in total. The molecular formula is C28H27F4N3O. The molecular weight excluding hydrogens is 470 g/mol. The summed E-state index contributed by atoms with van der Waals surface area (Å²) in [5.74, 6) is -2.74. The van der Waals surface area contributed by atoms with Crippen LogP contribution in [0.2, 0.25) is 0 Å². The Morgan fingerprint density at radius 3 is 1.78 bits per heavy atom. The second-order valence-corrected chi connectivity index (χ2v) is 9.66. The van der Waals surface area contributed by atoms with Crippen LogP contribution in [-0.2, 0) is 30.7 Å². The van der Waals surface area contributed by atoms with Crippen molar-refractivity contribution in [3.63, 3.8) is 0 Å². The van der Waals surface area contributed by atoms with Crippen LogP contribution in [0.4, 0.5) is 17.6 Å². The molecule has 1 fully saturated rings. The van der Waals surface area contributed by atoms with Gasteiger partial charge in [-0.2, -0.15) is 0 Å². The van der Waals surface area contributed by atoms with Gasteiger partial charge >= 0.3 is 0 Å². The van der Waals surface area contributed by atoms with Gasteiger partial charge in [-0.05, 0) is 46.5 Å². The fourth-order valence-corrected chi connectivity index (χ4v) is 5.48. The third-order valence-corrected chi connectivity index (χ3v) is 7.19. The minimum atomic E-state index is -0.813. The fourth-order valence-electron chi connectivity index (χ4n) is 5.48. The lowest BCUT2D eigenvalue weighted by molar-refractivity contribution is -0.135. The van der Waals surface area contributed by atoms with Crippen LogP contribution in [0.5, 0.6) is 0 Å². The van der Waals surface area contributed by atoms with Crippen molar-refractivity contribution in [3.05, 3.63) is 106 Å². The first-order valence-corrected chi connectivity index (χ1v) is 12.0. The number of hydrogen-bond acceptors (Lipinski definition) is 3. The van der Waals surface area contributed by atoms with Crippen LogP contribution in [-0.4, -0.2) is 47.4 Å². The zero-order chi connectivity index (χ0) is 25.3. The number of fused-ring (bicyclic) bond motifs is 1. The van der Waals surface area contributed by atoms with Crippen LogP contribution in [0, 0.1) is 23.3 Å². The lowest BCUT2D eigenvalue weighted by Crippen LogP contribution is -2.64. The Kier molecular flexibility index (Phi) is 6.81. The summed E-state index contributed by atoms with van der Waals surface area (Å²) in [6.45, 7) is 2.93. The molecule has 0 atom stereocenters. The number of carbonyl (C=O) groups excluding carboxylic acids is 1. The van der Waals surface area contributed by atoms with Crippen molar-refractivity contribution in [1.29, 1.82) is 0 Å². The summed E-state index contributed by atoms with van der Waals surface area (Å²) in [7, 11) is 0. The average Bonchev–Trinajstić information content (AvgIpc) is 3.23. The molecule has 1 aliphatic heterocycles. The molecule has 0 saturated carbocycles. The van der Waals surface area contributed by atoms with E-state index in [0.29, 0.717) is 56.7 Å². The van der Waals surface area contributed by atoms with E-state index < -0.39 is 28.8 Å². The number of carbonyl (C=O) groups is 1. The third kappa shape index (κ3) is 5.15. The van der Waals surface area contributed by atoms with Gasteiger partial charge in [0.1, 0.15) is 28.8 Å². The van der Waals surface area contributed by atoms with Gasteiger partial charge in [0.15, 0.2) is 0 Å². The van der Waals surface area contributed by atoms with Crippen molar-refractivity contribution >= 4 is 5.91 Å². The van der Waals surface area contributed by atoms with Gasteiger partial charge in [-0.15, -0.1) is 0 Å². The molecule has 0 aromatic heterocycles. The van der Waals surface area contributed by atoms with Crippen LogP contribution >= 0.6 is 0 Å². The summed E-state index contributed by atoms with van der Waals surface area (Å²) in [5, 5.41) is 2.92. The summed E-state index contributed by atoms with van der Waals surface area (Å²) >= 11 is 0. The molecule has 0 unspecified atom stereocenters. The molecule has 1 saturated heterocycles. The molecule has 36 heavy (non-hydrogen) atoms. The van der Waals surface area contributed by atoms with Crippen molar-refractivity contribution in [2.24, 2.45) is 0 Å². The lowest BCUT2D eigenvalue weighted by atomic mass is 9.90. The Morgan fingerprint density at radius 2 is 1.25 bits per heavy atom. The van der Waals surface area contributed by atoms with Crippen molar-refractivity contribution in [2.45, 2.75) is 31.5 Å². The first-order chi connectivity index (χ1) is 17.3. The molecule has 1 amide bonds. The van der Waals surface area contributed by atoms with Crippen molar-refractivity contribution in [1.82, 2.24) is 15.1 Å². The fraction of sp³-hybridized carbons (Fsp3) is 0.321.